The van der Waals surface area contributed by atoms with Crippen molar-refractivity contribution in [2.75, 3.05) is 0 Å². The topological polar surface area (TPSA) is 0 Å². The van der Waals surface area contributed by atoms with E-state index in [1.165, 1.54) is 38.5 Å². The van der Waals surface area contributed by atoms with Gasteiger partial charge in [-0.2, -0.15) is 0 Å². The molecule has 2 atom stereocenters. The highest BCUT2D eigenvalue weighted by Gasteiger charge is 2.18. The fraction of sp³-hybridized carbons (Fsp3) is 1.00. The number of hydrogen-bond acceptors (Lipinski definition) is 0. The molecule has 72 valence electrons. The molecule has 2 unspecified atom stereocenters. The smallest absolute Gasteiger partial charge is 0.0143 e. The van der Waals surface area contributed by atoms with Crippen molar-refractivity contribution in [3.63, 3.8) is 0 Å². The Hall–Kier alpha value is 0.480. The van der Waals surface area contributed by atoms with E-state index < -0.39 is 0 Å². The van der Waals surface area contributed by atoms with Gasteiger partial charge >= 0.3 is 0 Å². The van der Waals surface area contributed by atoms with Gasteiger partial charge in [-0.25, -0.2) is 0 Å². The van der Waals surface area contributed by atoms with Crippen LogP contribution in [0.2, 0.25) is 0 Å². The highest BCUT2D eigenvalue weighted by atomic mass is 79.9. The maximum absolute atomic E-state index is 3.67. The largest absolute Gasteiger partial charge is 0.0891 e. The fourth-order valence-electron chi connectivity index (χ4n) is 2.14. The lowest BCUT2D eigenvalue weighted by atomic mass is 9.83. The molecule has 0 spiro atoms. The molecular formula is C11H21Br. The predicted molar refractivity (Wildman–Crippen MR) is 58.7 cm³/mol. The summed E-state index contributed by atoms with van der Waals surface area (Å²) in [7, 11) is 0. The first kappa shape index (κ1) is 10.6. The maximum Gasteiger partial charge on any atom is 0.0143 e. The van der Waals surface area contributed by atoms with Crippen molar-refractivity contribution in [1.29, 1.82) is 0 Å². The lowest BCUT2D eigenvalue weighted by Crippen LogP contribution is -2.15. The quantitative estimate of drug-likeness (QED) is 0.634. The molecule has 0 bridgehead atoms. The maximum atomic E-state index is 3.67. The van der Waals surface area contributed by atoms with E-state index in [1.807, 2.05) is 0 Å². The van der Waals surface area contributed by atoms with Crippen molar-refractivity contribution in [1.82, 2.24) is 0 Å². The number of alkyl halides is 1. The van der Waals surface area contributed by atoms with Gasteiger partial charge < -0.3 is 0 Å². The summed E-state index contributed by atoms with van der Waals surface area (Å²) in [5.41, 5.74) is 0. The molecule has 0 N–H and O–H groups in total. The van der Waals surface area contributed by atoms with E-state index >= 15 is 0 Å². The van der Waals surface area contributed by atoms with Crippen LogP contribution >= 0.6 is 15.9 Å². The average molecular weight is 233 g/mol. The minimum atomic E-state index is 0.694. The third-order valence-electron chi connectivity index (χ3n) is 3.21. The van der Waals surface area contributed by atoms with E-state index in [9.17, 15) is 0 Å². The Kier molecular flexibility index (Phi) is 4.63. The number of hydrogen-bond donors (Lipinski definition) is 0. The Morgan fingerprint density at radius 3 is 2.25 bits per heavy atom. The molecular weight excluding hydrogens is 212 g/mol. The van der Waals surface area contributed by atoms with Crippen LogP contribution in [-0.4, -0.2) is 4.83 Å². The van der Waals surface area contributed by atoms with Crippen molar-refractivity contribution in [2.24, 2.45) is 11.8 Å². The van der Waals surface area contributed by atoms with Crippen LogP contribution in [0, 0.1) is 11.8 Å². The second kappa shape index (κ2) is 5.26. The molecule has 1 saturated carbocycles. The average Bonchev–Trinajstić information content (AvgIpc) is 2.06. The van der Waals surface area contributed by atoms with Crippen LogP contribution in [0.1, 0.15) is 52.4 Å². The summed E-state index contributed by atoms with van der Waals surface area (Å²) in [5, 5.41) is 0. The second-order valence-corrected chi connectivity index (χ2v) is 5.84. The van der Waals surface area contributed by atoms with Crippen LogP contribution in [0.15, 0.2) is 0 Å². The van der Waals surface area contributed by atoms with E-state index in [2.05, 4.69) is 29.8 Å². The van der Waals surface area contributed by atoms with Crippen LogP contribution < -0.4 is 0 Å². The van der Waals surface area contributed by atoms with Crippen molar-refractivity contribution in [3.8, 4) is 0 Å². The van der Waals surface area contributed by atoms with Gasteiger partial charge in [0.25, 0.3) is 0 Å². The van der Waals surface area contributed by atoms with Gasteiger partial charge in [0.05, 0.1) is 0 Å². The molecule has 0 nitrogen and oxygen atoms in total. The van der Waals surface area contributed by atoms with Crippen LogP contribution in [0.25, 0.3) is 0 Å². The third kappa shape index (κ3) is 3.47. The molecule has 1 fully saturated rings. The molecule has 1 aliphatic rings. The SMILES string of the molecule is CC(Br)C(C)CC1CCCCC1. The van der Waals surface area contributed by atoms with Gasteiger partial charge in [0.15, 0.2) is 0 Å². The summed E-state index contributed by atoms with van der Waals surface area (Å²) in [6, 6.07) is 0. The number of rotatable bonds is 3. The zero-order valence-electron chi connectivity index (χ0n) is 8.35. The first-order valence-corrected chi connectivity index (χ1v) is 6.25. The number of halogens is 1. The molecule has 0 saturated heterocycles. The zero-order valence-corrected chi connectivity index (χ0v) is 9.94. The van der Waals surface area contributed by atoms with Crippen LogP contribution in [0.3, 0.4) is 0 Å². The Morgan fingerprint density at radius 2 is 1.75 bits per heavy atom. The molecule has 1 aliphatic carbocycles. The van der Waals surface area contributed by atoms with Crippen LogP contribution in [0.4, 0.5) is 0 Å². The Morgan fingerprint density at radius 1 is 1.17 bits per heavy atom. The van der Waals surface area contributed by atoms with Crippen LogP contribution in [-0.2, 0) is 0 Å². The minimum Gasteiger partial charge on any atom is -0.0891 e. The van der Waals surface area contributed by atoms with Crippen molar-refractivity contribution in [2.45, 2.75) is 57.2 Å². The molecule has 0 aromatic heterocycles. The Balaban J connectivity index is 2.20. The van der Waals surface area contributed by atoms with Gasteiger partial charge in [0.2, 0.25) is 0 Å². The van der Waals surface area contributed by atoms with Crippen LogP contribution in [0.5, 0.6) is 0 Å². The molecule has 0 radical (unpaired) electrons. The Bertz CT molecular complexity index is 114. The third-order valence-corrected chi connectivity index (χ3v) is 4.12. The van der Waals surface area contributed by atoms with Crippen molar-refractivity contribution >= 4 is 15.9 Å². The van der Waals surface area contributed by atoms with E-state index in [0.717, 1.165) is 11.8 Å². The summed E-state index contributed by atoms with van der Waals surface area (Å²) < 4.78 is 0. The Labute approximate surface area is 85.3 Å². The first-order valence-electron chi connectivity index (χ1n) is 5.34. The summed E-state index contributed by atoms with van der Waals surface area (Å²) in [6.07, 6.45) is 8.86. The van der Waals surface area contributed by atoms with Crippen molar-refractivity contribution < 1.29 is 0 Å². The molecule has 0 amide bonds. The predicted octanol–water partition coefficient (Wildman–Crippen LogP) is 4.38. The summed E-state index contributed by atoms with van der Waals surface area (Å²) >= 11 is 3.67. The van der Waals surface area contributed by atoms with Gasteiger partial charge in [-0.15, -0.1) is 0 Å². The van der Waals surface area contributed by atoms with Gasteiger partial charge in [-0.05, 0) is 18.3 Å². The van der Waals surface area contributed by atoms with E-state index in [-0.39, 0.29) is 0 Å². The highest BCUT2D eigenvalue weighted by Crippen LogP contribution is 2.31. The van der Waals surface area contributed by atoms with Gasteiger partial charge in [-0.1, -0.05) is 61.9 Å². The fourth-order valence-corrected chi connectivity index (χ4v) is 2.35. The molecule has 0 aromatic carbocycles. The van der Waals surface area contributed by atoms with Gasteiger partial charge in [0, 0.05) is 4.83 Å². The second-order valence-electron chi connectivity index (χ2n) is 4.39. The lowest BCUT2D eigenvalue weighted by molar-refractivity contribution is 0.297. The molecule has 0 aliphatic heterocycles. The van der Waals surface area contributed by atoms with E-state index in [0.29, 0.717) is 4.83 Å². The van der Waals surface area contributed by atoms with Gasteiger partial charge in [-0.3, -0.25) is 0 Å². The van der Waals surface area contributed by atoms with Crippen molar-refractivity contribution in [3.05, 3.63) is 0 Å². The van der Waals surface area contributed by atoms with Gasteiger partial charge in [0.1, 0.15) is 0 Å². The lowest BCUT2D eigenvalue weighted by Gasteiger charge is -2.25. The molecule has 0 heterocycles. The minimum absolute atomic E-state index is 0.694. The monoisotopic (exact) mass is 232 g/mol. The normalized spacial score (nSPS) is 25.2. The summed E-state index contributed by atoms with van der Waals surface area (Å²) in [6.45, 7) is 4.64. The first-order chi connectivity index (χ1) is 5.70. The highest BCUT2D eigenvalue weighted by molar-refractivity contribution is 9.09. The molecule has 0 aromatic rings. The standard InChI is InChI=1S/C11H21Br/c1-9(10(2)12)8-11-6-4-3-5-7-11/h9-11H,3-8H2,1-2H3. The zero-order chi connectivity index (χ0) is 8.97. The summed E-state index contributed by atoms with van der Waals surface area (Å²) in [4.78, 5) is 0.694. The van der Waals surface area contributed by atoms with E-state index in [4.69, 9.17) is 0 Å². The molecule has 12 heavy (non-hydrogen) atoms. The summed E-state index contributed by atoms with van der Waals surface area (Å²) in [5.74, 6) is 1.89. The molecule has 1 heteroatoms. The van der Waals surface area contributed by atoms with E-state index in [1.54, 1.807) is 0 Å². The molecule has 1 rings (SSSR count).